The van der Waals surface area contributed by atoms with E-state index in [4.69, 9.17) is 15.3 Å². The Labute approximate surface area is 87.3 Å². The summed E-state index contributed by atoms with van der Waals surface area (Å²) in [5.74, 6) is -0.508. The Hall–Kier alpha value is -2.33. The van der Waals surface area contributed by atoms with Gasteiger partial charge in [0.15, 0.2) is 0 Å². The van der Waals surface area contributed by atoms with Gasteiger partial charge in [-0.25, -0.2) is 0 Å². The maximum Gasteiger partial charge on any atom is 0.304 e. The minimum absolute atomic E-state index is 0.498. The second-order valence-corrected chi connectivity index (χ2v) is 2.85. The molecule has 0 aliphatic heterocycles. The molecule has 0 bridgehead atoms. The van der Waals surface area contributed by atoms with E-state index in [0.29, 0.717) is 11.1 Å². The molecule has 0 aliphatic carbocycles. The SMILES string of the molecule is CC(=O)O[C@H](C#N)c1ccc(C#N)cc1. The lowest BCUT2D eigenvalue weighted by Crippen LogP contribution is -2.06. The molecule has 0 saturated carbocycles. The number of hydrogen-bond donors (Lipinski definition) is 0. The maximum absolute atomic E-state index is 10.7. The highest BCUT2D eigenvalue weighted by molar-refractivity contribution is 5.66. The molecule has 15 heavy (non-hydrogen) atoms. The smallest absolute Gasteiger partial charge is 0.304 e. The normalized spacial score (nSPS) is 10.9. The minimum atomic E-state index is -0.907. The van der Waals surface area contributed by atoms with Gasteiger partial charge in [0, 0.05) is 12.5 Å². The first-order chi connectivity index (χ1) is 7.17. The third-order valence-electron chi connectivity index (χ3n) is 1.74. The van der Waals surface area contributed by atoms with Crippen LogP contribution < -0.4 is 0 Å². The van der Waals surface area contributed by atoms with Gasteiger partial charge in [0.2, 0.25) is 6.10 Å². The average molecular weight is 200 g/mol. The van der Waals surface area contributed by atoms with Crippen molar-refractivity contribution in [1.29, 1.82) is 10.5 Å². The first-order valence-electron chi connectivity index (χ1n) is 4.24. The predicted molar refractivity (Wildman–Crippen MR) is 51.3 cm³/mol. The molecule has 1 rings (SSSR count). The van der Waals surface area contributed by atoms with E-state index in [1.54, 1.807) is 24.3 Å². The van der Waals surface area contributed by atoms with Gasteiger partial charge in [-0.2, -0.15) is 10.5 Å². The number of nitriles is 2. The zero-order valence-corrected chi connectivity index (χ0v) is 8.10. The van der Waals surface area contributed by atoms with Crippen LogP contribution in [0.25, 0.3) is 0 Å². The second-order valence-electron chi connectivity index (χ2n) is 2.85. The lowest BCUT2D eigenvalue weighted by atomic mass is 10.1. The minimum Gasteiger partial charge on any atom is -0.442 e. The van der Waals surface area contributed by atoms with Crippen LogP contribution in [-0.2, 0) is 9.53 Å². The fourth-order valence-electron chi connectivity index (χ4n) is 1.07. The van der Waals surface area contributed by atoms with Crippen LogP contribution in [0, 0.1) is 22.7 Å². The highest BCUT2D eigenvalue weighted by Gasteiger charge is 2.12. The largest absolute Gasteiger partial charge is 0.442 e. The van der Waals surface area contributed by atoms with Gasteiger partial charge < -0.3 is 4.74 Å². The van der Waals surface area contributed by atoms with Crippen LogP contribution >= 0.6 is 0 Å². The summed E-state index contributed by atoms with van der Waals surface area (Å²) in [7, 11) is 0. The standard InChI is InChI=1S/C11H8N2O2/c1-8(14)15-11(7-13)10-4-2-9(6-12)3-5-10/h2-5,11H,1H3/t11-/m1/s1. The predicted octanol–water partition coefficient (Wildman–Crippen LogP) is 1.69. The van der Waals surface area contributed by atoms with E-state index in [1.165, 1.54) is 6.92 Å². The zero-order chi connectivity index (χ0) is 11.3. The Morgan fingerprint density at radius 1 is 1.33 bits per heavy atom. The maximum atomic E-state index is 10.7. The zero-order valence-electron chi connectivity index (χ0n) is 8.10. The van der Waals surface area contributed by atoms with E-state index in [0.717, 1.165) is 0 Å². The number of ether oxygens (including phenoxy) is 1. The Morgan fingerprint density at radius 3 is 2.33 bits per heavy atom. The first kappa shape index (κ1) is 10.7. The second kappa shape index (κ2) is 4.78. The van der Waals surface area contributed by atoms with Crippen LogP contribution in [0.3, 0.4) is 0 Å². The number of rotatable bonds is 2. The molecule has 0 fully saturated rings. The molecule has 0 heterocycles. The molecular formula is C11H8N2O2. The van der Waals surface area contributed by atoms with Crippen molar-refractivity contribution in [2.24, 2.45) is 0 Å². The number of esters is 1. The molecule has 1 aromatic carbocycles. The summed E-state index contributed by atoms with van der Waals surface area (Å²) in [5.41, 5.74) is 1.06. The molecular weight excluding hydrogens is 192 g/mol. The molecule has 0 N–H and O–H groups in total. The monoisotopic (exact) mass is 200 g/mol. The molecule has 74 valence electrons. The summed E-state index contributed by atoms with van der Waals surface area (Å²) in [6.45, 7) is 1.24. The van der Waals surface area contributed by atoms with Crippen molar-refractivity contribution in [1.82, 2.24) is 0 Å². The van der Waals surface area contributed by atoms with E-state index in [1.807, 2.05) is 12.1 Å². The van der Waals surface area contributed by atoms with Crippen molar-refractivity contribution >= 4 is 5.97 Å². The van der Waals surface area contributed by atoms with Crippen molar-refractivity contribution in [2.75, 3.05) is 0 Å². The quantitative estimate of drug-likeness (QED) is 0.681. The van der Waals surface area contributed by atoms with Gasteiger partial charge in [-0.3, -0.25) is 4.79 Å². The average Bonchev–Trinajstić information content (AvgIpc) is 2.26. The summed E-state index contributed by atoms with van der Waals surface area (Å²) in [6.07, 6.45) is -0.907. The third kappa shape index (κ3) is 2.82. The van der Waals surface area contributed by atoms with Gasteiger partial charge in [0.05, 0.1) is 11.6 Å². The van der Waals surface area contributed by atoms with Crippen molar-refractivity contribution in [3.05, 3.63) is 35.4 Å². The first-order valence-corrected chi connectivity index (χ1v) is 4.24. The Bertz CT molecular complexity index is 437. The van der Waals surface area contributed by atoms with Crippen molar-refractivity contribution in [3.8, 4) is 12.1 Å². The highest BCUT2D eigenvalue weighted by Crippen LogP contribution is 2.17. The van der Waals surface area contributed by atoms with Crippen LogP contribution in [0.15, 0.2) is 24.3 Å². The van der Waals surface area contributed by atoms with E-state index >= 15 is 0 Å². The van der Waals surface area contributed by atoms with Gasteiger partial charge in [0.25, 0.3) is 0 Å². The molecule has 4 nitrogen and oxygen atoms in total. The molecule has 0 spiro atoms. The lowest BCUT2D eigenvalue weighted by molar-refractivity contribution is -0.144. The molecule has 0 unspecified atom stereocenters. The van der Waals surface area contributed by atoms with Crippen LogP contribution in [0.2, 0.25) is 0 Å². The lowest BCUT2D eigenvalue weighted by Gasteiger charge is -2.08. The number of benzene rings is 1. The summed E-state index contributed by atoms with van der Waals surface area (Å²) in [4.78, 5) is 10.7. The molecule has 0 saturated heterocycles. The molecule has 0 amide bonds. The van der Waals surface area contributed by atoms with Crippen molar-refractivity contribution < 1.29 is 9.53 Å². The highest BCUT2D eigenvalue weighted by atomic mass is 16.5. The van der Waals surface area contributed by atoms with E-state index in [2.05, 4.69) is 0 Å². The molecule has 0 aliphatic rings. The van der Waals surface area contributed by atoms with Crippen molar-refractivity contribution in [2.45, 2.75) is 13.0 Å². The van der Waals surface area contributed by atoms with Crippen LogP contribution in [-0.4, -0.2) is 5.97 Å². The van der Waals surface area contributed by atoms with E-state index in [9.17, 15) is 4.79 Å². The molecule has 1 atom stereocenters. The number of carbonyl (C=O) groups excluding carboxylic acids is 1. The topological polar surface area (TPSA) is 73.9 Å². The molecule has 4 heteroatoms. The molecule has 1 aromatic rings. The van der Waals surface area contributed by atoms with Crippen molar-refractivity contribution in [3.63, 3.8) is 0 Å². The Morgan fingerprint density at radius 2 is 1.93 bits per heavy atom. The fourth-order valence-corrected chi connectivity index (χ4v) is 1.07. The van der Waals surface area contributed by atoms with Crippen LogP contribution in [0.1, 0.15) is 24.2 Å². The third-order valence-corrected chi connectivity index (χ3v) is 1.74. The molecule has 0 radical (unpaired) electrons. The van der Waals surface area contributed by atoms with Gasteiger partial charge >= 0.3 is 5.97 Å². The number of nitrogens with zero attached hydrogens (tertiary/aromatic N) is 2. The summed E-state index contributed by atoms with van der Waals surface area (Å²) >= 11 is 0. The summed E-state index contributed by atoms with van der Waals surface area (Å²) < 4.78 is 4.78. The van der Waals surface area contributed by atoms with E-state index in [-0.39, 0.29) is 0 Å². The van der Waals surface area contributed by atoms with Gasteiger partial charge in [-0.15, -0.1) is 0 Å². The van der Waals surface area contributed by atoms with Gasteiger partial charge in [-0.05, 0) is 12.1 Å². The number of carbonyl (C=O) groups is 1. The number of hydrogen-bond acceptors (Lipinski definition) is 4. The van der Waals surface area contributed by atoms with E-state index < -0.39 is 12.1 Å². The Balaban J connectivity index is 2.90. The summed E-state index contributed by atoms with van der Waals surface area (Å²) in [6, 6.07) is 10.2. The summed E-state index contributed by atoms with van der Waals surface area (Å²) in [5, 5.41) is 17.3. The van der Waals surface area contributed by atoms with Crippen LogP contribution in [0.4, 0.5) is 0 Å². The van der Waals surface area contributed by atoms with Crippen LogP contribution in [0.5, 0.6) is 0 Å². The fraction of sp³-hybridized carbons (Fsp3) is 0.182. The molecule has 0 aromatic heterocycles. The Kier molecular flexibility index (Phi) is 3.43. The van der Waals surface area contributed by atoms with Gasteiger partial charge in [0.1, 0.15) is 6.07 Å². The van der Waals surface area contributed by atoms with Gasteiger partial charge in [-0.1, -0.05) is 12.1 Å².